The van der Waals surface area contributed by atoms with Gasteiger partial charge in [0.2, 0.25) is 5.91 Å². The highest BCUT2D eigenvalue weighted by atomic mass is 32.1. The number of nitrogens with one attached hydrogen (secondary N) is 1. The number of likely N-dealkylation sites (tertiary alicyclic amines) is 1. The number of amides is 2. The summed E-state index contributed by atoms with van der Waals surface area (Å²) in [5.41, 5.74) is 1.37. The molecule has 0 saturated carbocycles. The number of rotatable bonds is 4. The lowest BCUT2D eigenvalue weighted by Gasteiger charge is -2.32. The van der Waals surface area contributed by atoms with E-state index in [1.807, 2.05) is 10.8 Å². The van der Waals surface area contributed by atoms with Crippen LogP contribution in [0, 0.1) is 5.82 Å². The zero-order chi connectivity index (χ0) is 16.9. The fourth-order valence-electron chi connectivity index (χ4n) is 2.87. The Balaban J connectivity index is 1.48. The standard InChI is InChI=1S/C18H19FN2O2S/c19-15-3-1-2-13(10-15)11-17(22)21-7-4-16(5-8-21)20-18(23)14-6-9-24-12-14/h1-3,6,9-10,12,16H,4-5,7-8,11H2,(H,20,23). The second-order valence-electron chi connectivity index (χ2n) is 5.95. The van der Waals surface area contributed by atoms with E-state index in [4.69, 9.17) is 0 Å². The van der Waals surface area contributed by atoms with E-state index in [0.29, 0.717) is 24.2 Å². The van der Waals surface area contributed by atoms with Crippen molar-refractivity contribution in [1.82, 2.24) is 10.2 Å². The maximum atomic E-state index is 13.2. The summed E-state index contributed by atoms with van der Waals surface area (Å²) in [7, 11) is 0. The fourth-order valence-corrected chi connectivity index (χ4v) is 3.50. The van der Waals surface area contributed by atoms with Crippen molar-refractivity contribution in [1.29, 1.82) is 0 Å². The summed E-state index contributed by atoms with van der Waals surface area (Å²) >= 11 is 1.50. The molecule has 1 N–H and O–H groups in total. The topological polar surface area (TPSA) is 49.4 Å². The van der Waals surface area contributed by atoms with Crippen LogP contribution in [0.25, 0.3) is 0 Å². The largest absolute Gasteiger partial charge is 0.349 e. The van der Waals surface area contributed by atoms with Gasteiger partial charge in [-0.3, -0.25) is 9.59 Å². The summed E-state index contributed by atoms with van der Waals surface area (Å²) < 4.78 is 13.2. The third kappa shape index (κ3) is 4.20. The zero-order valence-electron chi connectivity index (χ0n) is 13.2. The number of hydrogen-bond acceptors (Lipinski definition) is 3. The van der Waals surface area contributed by atoms with Crippen molar-refractivity contribution in [2.75, 3.05) is 13.1 Å². The minimum Gasteiger partial charge on any atom is -0.349 e. The molecule has 2 aromatic rings. The molecule has 0 bridgehead atoms. The van der Waals surface area contributed by atoms with Gasteiger partial charge < -0.3 is 10.2 Å². The lowest BCUT2D eigenvalue weighted by atomic mass is 10.0. The summed E-state index contributed by atoms with van der Waals surface area (Å²) in [6.07, 6.45) is 1.69. The Labute approximate surface area is 144 Å². The molecule has 0 spiro atoms. The van der Waals surface area contributed by atoms with Crippen LogP contribution < -0.4 is 5.32 Å². The molecule has 1 aromatic heterocycles. The molecular weight excluding hydrogens is 327 g/mol. The molecule has 0 unspecified atom stereocenters. The molecule has 1 aromatic carbocycles. The molecule has 3 rings (SSSR count). The van der Waals surface area contributed by atoms with Gasteiger partial charge in [0.25, 0.3) is 5.91 Å². The second kappa shape index (κ2) is 7.57. The van der Waals surface area contributed by atoms with Gasteiger partial charge in [-0.05, 0) is 42.0 Å². The zero-order valence-corrected chi connectivity index (χ0v) is 14.0. The highest BCUT2D eigenvalue weighted by Gasteiger charge is 2.24. The quantitative estimate of drug-likeness (QED) is 0.925. The van der Waals surface area contributed by atoms with Crippen LogP contribution in [0.2, 0.25) is 0 Å². The normalized spacial score (nSPS) is 15.3. The van der Waals surface area contributed by atoms with Crippen molar-refractivity contribution in [3.05, 3.63) is 58.0 Å². The van der Waals surface area contributed by atoms with E-state index in [1.54, 1.807) is 23.1 Å². The van der Waals surface area contributed by atoms with Crippen LogP contribution in [0.3, 0.4) is 0 Å². The molecule has 1 aliphatic heterocycles. The minimum absolute atomic E-state index is 0.00297. The molecule has 2 amide bonds. The first kappa shape index (κ1) is 16.6. The molecule has 6 heteroatoms. The molecule has 0 atom stereocenters. The molecule has 126 valence electrons. The van der Waals surface area contributed by atoms with Crippen molar-refractivity contribution in [2.45, 2.75) is 25.3 Å². The van der Waals surface area contributed by atoms with Gasteiger partial charge >= 0.3 is 0 Å². The molecule has 1 aliphatic rings. The molecule has 4 nitrogen and oxygen atoms in total. The van der Waals surface area contributed by atoms with Crippen molar-refractivity contribution in [3.8, 4) is 0 Å². The first-order valence-corrected chi connectivity index (χ1v) is 8.91. The monoisotopic (exact) mass is 346 g/mol. The SMILES string of the molecule is O=C(NC1CCN(C(=O)Cc2cccc(F)c2)CC1)c1ccsc1. The van der Waals surface area contributed by atoms with Gasteiger partial charge in [0.15, 0.2) is 0 Å². The van der Waals surface area contributed by atoms with Gasteiger partial charge in [0.1, 0.15) is 5.82 Å². The molecule has 2 heterocycles. The van der Waals surface area contributed by atoms with Crippen molar-refractivity contribution < 1.29 is 14.0 Å². The number of piperidine rings is 1. The van der Waals surface area contributed by atoms with Crippen molar-refractivity contribution in [2.24, 2.45) is 0 Å². The third-order valence-corrected chi connectivity index (χ3v) is 4.89. The van der Waals surface area contributed by atoms with Gasteiger partial charge in [0, 0.05) is 30.1 Å². The number of hydrogen-bond donors (Lipinski definition) is 1. The van der Waals surface area contributed by atoms with Crippen LogP contribution >= 0.6 is 11.3 Å². The smallest absolute Gasteiger partial charge is 0.252 e. The van der Waals surface area contributed by atoms with E-state index in [1.165, 1.54) is 23.5 Å². The van der Waals surface area contributed by atoms with E-state index < -0.39 is 0 Å². The number of halogens is 1. The first-order chi connectivity index (χ1) is 11.6. The van der Waals surface area contributed by atoms with E-state index in [2.05, 4.69) is 5.32 Å². The van der Waals surface area contributed by atoms with E-state index >= 15 is 0 Å². The van der Waals surface area contributed by atoms with Crippen LogP contribution in [0.1, 0.15) is 28.8 Å². The van der Waals surface area contributed by atoms with Crippen LogP contribution in [0.4, 0.5) is 4.39 Å². The molecule has 1 saturated heterocycles. The lowest BCUT2D eigenvalue weighted by molar-refractivity contribution is -0.131. The number of carbonyl (C=O) groups is 2. The Morgan fingerprint density at radius 1 is 1.25 bits per heavy atom. The summed E-state index contributed by atoms with van der Waals surface area (Å²) in [6.45, 7) is 1.23. The molecular formula is C18H19FN2O2S. The number of carbonyl (C=O) groups excluding carboxylic acids is 2. The predicted molar refractivity (Wildman–Crippen MR) is 91.5 cm³/mol. The lowest BCUT2D eigenvalue weighted by Crippen LogP contribution is -2.46. The molecule has 0 aliphatic carbocycles. The molecule has 24 heavy (non-hydrogen) atoms. The Morgan fingerprint density at radius 3 is 2.71 bits per heavy atom. The number of nitrogens with zero attached hydrogens (tertiary/aromatic N) is 1. The summed E-state index contributed by atoms with van der Waals surface area (Å²) in [4.78, 5) is 26.1. The van der Waals surface area contributed by atoms with Gasteiger partial charge in [-0.1, -0.05) is 12.1 Å². The average molecular weight is 346 g/mol. The second-order valence-corrected chi connectivity index (χ2v) is 6.73. The van der Waals surface area contributed by atoms with Crippen LogP contribution in [0.5, 0.6) is 0 Å². The fraction of sp³-hybridized carbons (Fsp3) is 0.333. The Kier molecular flexibility index (Phi) is 5.25. The van der Waals surface area contributed by atoms with E-state index in [9.17, 15) is 14.0 Å². The maximum Gasteiger partial charge on any atom is 0.252 e. The number of benzene rings is 1. The highest BCUT2D eigenvalue weighted by molar-refractivity contribution is 7.08. The summed E-state index contributed by atoms with van der Waals surface area (Å²) in [5, 5.41) is 6.72. The van der Waals surface area contributed by atoms with Crippen LogP contribution in [0.15, 0.2) is 41.1 Å². The van der Waals surface area contributed by atoms with Gasteiger partial charge in [-0.25, -0.2) is 4.39 Å². The van der Waals surface area contributed by atoms with Crippen molar-refractivity contribution >= 4 is 23.2 Å². The third-order valence-electron chi connectivity index (χ3n) is 4.21. The summed E-state index contributed by atoms with van der Waals surface area (Å²) in [5.74, 6) is -0.376. The highest BCUT2D eigenvalue weighted by Crippen LogP contribution is 2.14. The minimum atomic E-state index is -0.324. The Morgan fingerprint density at radius 2 is 2.04 bits per heavy atom. The van der Waals surface area contributed by atoms with Gasteiger partial charge in [0.05, 0.1) is 6.42 Å². The molecule has 1 fully saturated rings. The van der Waals surface area contributed by atoms with E-state index in [-0.39, 0.29) is 30.1 Å². The maximum absolute atomic E-state index is 13.2. The van der Waals surface area contributed by atoms with Gasteiger partial charge in [-0.2, -0.15) is 11.3 Å². The first-order valence-electron chi connectivity index (χ1n) is 7.97. The average Bonchev–Trinajstić information content (AvgIpc) is 3.10. The summed E-state index contributed by atoms with van der Waals surface area (Å²) in [6, 6.07) is 8.04. The van der Waals surface area contributed by atoms with Gasteiger partial charge in [-0.15, -0.1) is 0 Å². The predicted octanol–water partition coefficient (Wildman–Crippen LogP) is 2.85. The van der Waals surface area contributed by atoms with E-state index in [0.717, 1.165) is 12.8 Å². The van der Waals surface area contributed by atoms with Crippen LogP contribution in [-0.4, -0.2) is 35.8 Å². The number of thiophene rings is 1. The Hall–Kier alpha value is -2.21. The van der Waals surface area contributed by atoms with Crippen LogP contribution in [-0.2, 0) is 11.2 Å². The van der Waals surface area contributed by atoms with Crippen molar-refractivity contribution in [3.63, 3.8) is 0 Å². The molecule has 0 radical (unpaired) electrons. The Bertz CT molecular complexity index is 710.